The summed E-state index contributed by atoms with van der Waals surface area (Å²) >= 11 is 0. The van der Waals surface area contributed by atoms with Gasteiger partial charge in [0.15, 0.2) is 0 Å². The Balaban J connectivity index is 0.000000704. The summed E-state index contributed by atoms with van der Waals surface area (Å²) in [4.78, 5) is 0. The number of fused-ring (bicyclic) bond motifs is 1. The molecule has 0 aromatic carbocycles. The molecular weight excluding hydrogens is 251 g/mol. The molecule has 1 saturated heterocycles. The topological polar surface area (TPSA) is 35.8 Å². The van der Waals surface area contributed by atoms with Crippen LogP contribution in [0.5, 0.6) is 0 Å². The van der Waals surface area contributed by atoms with E-state index < -0.39 is 0 Å². The maximum atomic E-state index is 6.04. The molecule has 1 fully saturated rings. The highest BCUT2D eigenvalue weighted by Gasteiger charge is 2.52. The summed E-state index contributed by atoms with van der Waals surface area (Å²) in [5.41, 5.74) is 1.37. The van der Waals surface area contributed by atoms with E-state index in [1.807, 2.05) is 49.0 Å². The Morgan fingerprint density at radius 3 is 2.25 bits per heavy atom. The molecule has 0 N–H and O–H groups in total. The van der Waals surface area contributed by atoms with Gasteiger partial charge in [0, 0.05) is 17.9 Å². The monoisotopic (exact) mass is 274 g/mol. The van der Waals surface area contributed by atoms with Gasteiger partial charge in [0.1, 0.15) is 0 Å². The quantitative estimate of drug-likeness (QED) is 0.750. The number of rotatable bonds is 1. The molecular formula is C15H23BN2O2. The molecule has 1 aliphatic heterocycles. The van der Waals surface area contributed by atoms with E-state index in [4.69, 9.17) is 9.31 Å². The second-order valence-corrected chi connectivity index (χ2v) is 5.72. The zero-order valence-electron chi connectivity index (χ0n) is 13.2. The van der Waals surface area contributed by atoms with Gasteiger partial charge in [0.25, 0.3) is 0 Å². The summed E-state index contributed by atoms with van der Waals surface area (Å²) < 4.78 is 13.9. The van der Waals surface area contributed by atoms with Crippen molar-refractivity contribution >= 4 is 18.1 Å². The zero-order chi connectivity index (χ0) is 15.0. The number of pyridine rings is 1. The fraction of sp³-hybridized carbons (Fsp3) is 0.533. The van der Waals surface area contributed by atoms with E-state index in [0.717, 1.165) is 11.0 Å². The van der Waals surface area contributed by atoms with Gasteiger partial charge in [0.2, 0.25) is 0 Å². The Hall–Kier alpha value is -1.33. The lowest BCUT2D eigenvalue weighted by molar-refractivity contribution is 0.00578. The summed E-state index contributed by atoms with van der Waals surface area (Å²) in [5, 5.41) is 4.32. The van der Waals surface area contributed by atoms with Gasteiger partial charge in [-0.15, -0.1) is 0 Å². The van der Waals surface area contributed by atoms with Crippen LogP contribution in [-0.2, 0) is 9.31 Å². The molecule has 0 amide bonds. The highest BCUT2D eigenvalue weighted by Crippen LogP contribution is 2.36. The minimum atomic E-state index is -0.352. The minimum Gasteiger partial charge on any atom is -0.399 e. The Labute approximate surface area is 121 Å². The molecule has 2 aromatic heterocycles. The molecule has 0 bridgehead atoms. The standard InChI is InChI=1S/C13H17BN2O2.C2H6/c1-12(2)13(3,4)18-14(17-12)10-9-15-16-8-6-5-7-11(10)16;1-2/h5-9H,1-4H3;1-2H3. The van der Waals surface area contributed by atoms with Crippen molar-refractivity contribution < 1.29 is 9.31 Å². The van der Waals surface area contributed by atoms with E-state index in [2.05, 4.69) is 32.8 Å². The third-order valence-corrected chi connectivity index (χ3v) is 3.96. The van der Waals surface area contributed by atoms with E-state index in [9.17, 15) is 0 Å². The molecule has 2 aromatic rings. The summed E-state index contributed by atoms with van der Waals surface area (Å²) in [6.45, 7) is 12.2. The van der Waals surface area contributed by atoms with Crippen molar-refractivity contribution in [2.24, 2.45) is 0 Å². The lowest BCUT2D eigenvalue weighted by atomic mass is 9.80. The van der Waals surface area contributed by atoms with Gasteiger partial charge in [-0.1, -0.05) is 19.9 Å². The van der Waals surface area contributed by atoms with Crippen molar-refractivity contribution in [2.45, 2.75) is 52.7 Å². The first-order chi connectivity index (χ1) is 9.41. The third-order valence-electron chi connectivity index (χ3n) is 3.96. The Bertz CT molecular complexity index is 576. The van der Waals surface area contributed by atoms with E-state index >= 15 is 0 Å². The summed E-state index contributed by atoms with van der Waals surface area (Å²) in [5.74, 6) is 0. The number of aromatic nitrogens is 2. The molecule has 0 spiro atoms. The average Bonchev–Trinajstić information content (AvgIpc) is 2.91. The van der Waals surface area contributed by atoms with Crippen LogP contribution in [0.4, 0.5) is 0 Å². The third kappa shape index (κ3) is 2.36. The largest absolute Gasteiger partial charge is 0.498 e. The SMILES string of the molecule is CC.CC1(C)OB(c2cnn3ccccc23)OC1(C)C. The summed E-state index contributed by atoms with van der Waals surface area (Å²) in [6.07, 6.45) is 3.74. The number of hydrogen-bond donors (Lipinski definition) is 0. The van der Waals surface area contributed by atoms with Crippen molar-refractivity contribution in [3.05, 3.63) is 30.6 Å². The highest BCUT2D eigenvalue weighted by atomic mass is 16.7. The minimum absolute atomic E-state index is 0.319. The van der Waals surface area contributed by atoms with Crippen LogP contribution in [0.25, 0.3) is 5.52 Å². The first kappa shape index (κ1) is 15.1. The first-order valence-corrected chi connectivity index (χ1v) is 7.19. The van der Waals surface area contributed by atoms with Crippen LogP contribution in [0.15, 0.2) is 30.6 Å². The molecule has 0 aliphatic carbocycles. The molecule has 20 heavy (non-hydrogen) atoms. The first-order valence-electron chi connectivity index (χ1n) is 7.19. The fourth-order valence-electron chi connectivity index (χ4n) is 2.11. The maximum Gasteiger partial charge on any atom is 0.498 e. The molecule has 0 atom stereocenters. The van der Waals surface area contributed by atoms with Crippen LogP contribution in [0.2, 0.25) is 0 Å². The van der Waals surface area contributed by atoms with Gasteiger partial charge in [-0.3, -0.25) is 0 Å². The van der Waals surface area contributed by atoms with Crippen LogP contribution in [0.3, 0.4) is 0 Å². The van der Waals surface area contributed by atoms with Gasteiger partial charge >= 0.3 is 7.12 Å². The van der Waals surface area contributed by atoms with Crippen LogP contribution >= 0.6 is 0 Å². The van der Waals surface area contributed by atoms with Crippen molar-refractivity contribution in [3.8, 4) is 0 Å². The lowest BCUT2D eigenvalue weighted by Crippen LogP contribution is -2.41. The van der Waals surface area contributed by atoms with Crippen LogP contribution < -0.4 is 5.46 Å². The fourth-order valence-corrected chi connectivity index (χ4v) is 2.11. The molecule has 0 saturated carbocycles. The zero-order valence-corrected chi connectivity index (χ0v) is 13.2. The van der Waals surface area contributed by atoms with E-state index in [1.165, 1.54) is 0 Å². The van der Waals surface area contributed by atoms with E-state index in [0.29, 0.717) is 0 Å². The summed E-state index contributed by atoms with van der Waals surface area (Å²) in [6, 6.07) is 5.97. The predicted octanol–water partition coefficient (Wildman–Crippen LogP) is 2.66. The second kappa shape index (κ2) is 5.22. The second-order valence-electron chi connectivity index (χ2n) is 5.72. The van der Waals surface area contributed by atoms with Gasteiger partial charge in [-0.05, 0) is 39.8 Å². The van der Waals surface area contributed by atoms with E-state index in [1.54, 1.807) is 0 Å². The van der Waals surface area contributed by atoms with E-state index in [-0.39, 0.29) is 18.3 Å². The molecule has 108 valence electrons. The van der Waals surface area contributed by atoms with Crippen molar-refractivity contribution in [1.29, 1.82) is 0 Å². The molecule has 0 unspecified atom stereocenters. The smallest absolute Gasteiger partial charge is 0.399 e. The lowest BCUT2D eigenvalue weighted by Gasteiger charge is -2.32. The Morgan fingerprint density at radius 1 is 1.05 bits per heavy atom. The van der Waals surface area contributed by atoms with Gasteiger partial charge < -0.3 is 9.31 Å². The normalized spacial score (nSPS) is 19.8. The molecule has 3 heterocycles. The Morgan fingerprint density at radius 2 is 1.65 bits per heavy atom. The van der Waals surface area contributed by atoms with Gasteiger partial charge in [-0.2, -0.15) is 5.10 Å². The van der Waals surface area contributed by atoms with Gasteiger partial charge in [-0.25, -0.2) is 4.52 Å². The van der Waals surface area contributed by atoms with Crippen LogP contribution in [0.1, 0.15) is 41.5 Å². The van der Waals surface area contributed by atoms with Crippen molar-refractivity contribution in [2.75, 3.05) is 0 Å². The predicted molar refractivity (Wildman–Crippen MR) is 82.3 cm³/mol. The van der Waals surface area contributed by atoms with Crippen molar-refractivity contribution in [1.82, 2.24) is 9.61 Å². The summed E-state index contributed by atoms with van der Waals surface area (Å²) in [7, 11) is -0.352. The molecule has 0 radical (unpaired) electrons. The molecule has 5 heteroatoms. The molecule has 4 nitrogen and oxygen atoms in total. The number of nitrogens with zero attached hydrogens (tertiary/aromatic N) is 2. The van der Waals surface area contributed by atoms with Crippen molar-refractivity contribution in [3.63, 3.8) is 0 Å². The maximum absolute atomic E-state index is 6.04. The van der Waals surface area contributed by atoms with Crippen LogP contribution in [0, 0.1) is 0 Å². The van der Waals surface area contributed by atoms with Gasteiger partial charge in [0.05, 0.1) is 16.7 Å². The molecule has 1 aliphatic rings. The highest BCUT2D eigenvalue weighted by molar-refractivity contribution is 6.64. The molecule has 3 rings (SSSR count). The Kier molecular flexibility index (Phi) is 3.94. The van der Waals surface area contributed by atoms with Crippen LogP contribution in [-0.4, -0.2) is 27.9 Å². The average molecular weight is 274 g/mol. The number of hydrogen-bond acceptors (Lipinski definition) is 3.